The summed E-state index contributed by atoms with van der Waals surface area (Å²) in [7, 11) is 1.64. The number of aromatic hydroxyl groups is 2. The van der Waals surface area contributed by atoms with Crippen molar-refractivity contribution in [1.29, 1.82) is 0 Å². The lowest BCUT2D eigenvalue weighted by Gasteiger charge is -2.26. The highest BCUT2D eigenvalue weighted by Gasteiger charge is 2.21. The Balaban J connectivity index is 2.11. The Morgan fingerprint density at radius 2 is 2.21 bits per heavy atom. The standard InChI is InChI=1S/C14H17NO4/c1-19-9-10-4-6-15(7-5-10)14(18)12-8-11(16)2-3-13(12)17/h2-4,8,16-17H,5-7,9H2,1H3. The Bertz CT molecular complexity index is 510. The van der Waals surface area contributed by atoms with Crippen LogP contribution in [0.3, 0.4) is 0 Å². The molecule has 5 heteroatoms. The predicted octanol–water partition coefficient (Wildman–Crippen LogP) is 1.52. The van der Waals surface area contributed by atoms with Gasteiger partial charge in [-0.2, -0.15) is 0 Å². The number of nitrogens with zero attached hydrogens (tertiary/aromatic N) is 1. The van der Waals surface area contributed by atoms with Gasteiger partial charge in [-0.25, -0.2) is 0 Å². The maximum absolute atomic E-state index is 12.2. The summed E-state index contributed by atoms with van der Waals surface area (Å²) in [6, 6.07) is 3.95. The van der Waals surface area contributed by atoms with Crippen molar-refractivity contribution in [2.75, 3.05) is 26.8 Å². The third kappa shape index (κ3) is 3.06. The first-order valence-electron chi connectivity index (χ1n) is 6.10. The Labute approximate surface area is 111 Å². The van der Waals surface area contributed by atoms with Crippen LogP contribution in [0.25, 0.3) is 0 Å². The van der Waals surface area contributed by atoms with Gasteiger partial charge in [0.15, 0.2) is 0 Å². The molecule has 1 heterocycles. The smallest absolute Gasteiger partial charge is 0.258 e. The van der Waals surface area contributed by atoms with E-state index in [0.29, 0.717) is 19.7 Å². The first kappa shape index (κ1) is 13.4. The van der Waals surface area contributed by atoms with Gasteiger partial charge in [0.2, 0.25) is 0 Å². The van der Waals surface area contributed by atoms with E-state index in [1.54, 1.807) is 12.0 Å². The molecule has 0 spiro atoms. The van der Waals surface area contributed by atoms with E-state index in [4.69, 9.17) is 4.74 Å². The highest BCUT2D eigenvalue weighted by molar-refractivity contribution is 5.97. The van der Waals surface area contributed by atoms with Crippen molar-refractivity contribution >= 4 is 5.91 Å². The molecule has 5 nitrogen and oxygen atoms in total. The number of hydrogen-bond donors (Lipinski definition) is 2. The topological polar surface area (TPSA) is 70.0 Å². The number of carbonyl (C=O) groups is 1. The number of amides is 1. The summed E-state index contributed by atoms with van der Waals surface area (Å²) in [5, 5.41) is 19.1. The molecule has 19 heavy (non-hydrogen) atoms. The van der Waals surface area contributed by atoms with Gasteiger partial charge in [-0.15, -0.1) is 0 Å². The first-order chi connectivity index (χ1) is 9.11. The van der Waals surface area contributed by atoms with Crippen LogP contribution in [0.5, 0.6) is 11.5 Å². The van der Waals surface area contributed by atoms with Crippen molar-refractivity contribution < 1.29 is 19.7 Å². The molecule has 0 atom stereocenters. The van der Waals surface area contributed by atoms with E-state index in [9.17, 15) is 15.0 Å². The molecule has 0 aromatic heterocycles. The van der Waals surface area contributed by atoms with Crippen molar-refractivity contribution in [3.05, 3.63) is 35.4 Å². The van der Waals surface area contributed by atoms with Gasteiger partial charge >= 0.3 is 0 Å². The fourth-order valence-electron chi connectivity index (χ4n) is 2.08. The summed E-state index contributed by atoms with van der Waals surface area (Å²) >= 11 is 0. The van der Waals surface area contributed by atoms with E-state index >= 15 is 0 Å². The summed E-state index contributed by atoms with van der Waals surface area (Å²) in [6.45, 7) is 1.66. The second kappa shape index (κ2) is 5.75. The van der Waals surface area contributed by atoms with Crippen molar-refractivity contribution in [2.24, 2.45) is 0 Å². The molecule has 0 saturated carbocycles. The van der Waals surface area contributed by atoms with E-state index < -0.39 is 0 Å². The number of carbonyl (C=O) groups excluding carboxylic acids is 1. The van der Waals surface area contributed by atoms with Crippen molar-refractivity contribution in [3.8, 4) is 11.5 Å². The molecule has 102 valence electrons. The van der Waals surface area contributed by atoms with Gasteiger partial charge in [-0.1, -0.05) is 6.08 Å². The summed E-state index contributed by atoms with van der Waals surface area (Å²) in [6.07, 6.45) is 2.73. The van der Waals surface area contributed by atoms with Crippen molar-refractivity contribution in [2.45, 2.75) is 6.42 Å². The number of phenols is 2. The number of phenolic OH excluding ortho intramolecular Hbond substituents is 2. The molecule has 0 unspecified atom stereocenters. The Morgan fingerprint density at radius 1 is 1.42 bits per heavy atom. The van der Waals surface area contributed by atoms with Crippen molar-refractivity contribution in [1.82, 2.24) is 4.90 Å². The van der Waals surface area contributed by atoms with Crippen LogP contribution in [-0.2, 0) is 4.74 Å². The fraction of sp³-hybridized carbons (Fsp3) is 0.357. The van der Waals surface area contributed by atoms with Crippen LogP contribution in [0.1, 0.15) is 16.8 Å². The van der Waals surface area contributed by atoms with Gasteiger partial charge < -0.3 is 19.8 Å². The minimum absolute atomic E-state index is 0.0335. The molecule has 1 aliphatic rings. The quantitative estimate of drug-likeness (QED) is 0.640. The Kier molecular flexibility index (Phi) is 4.06. The largest absolute Gasteiger partial charge is 0.508 e. The Morgan fingerprint density at radius 3 is 2.84 bits per heavy atom. The SMILES string of the molecule is COCC1=CCN(C(=O)c2cc(O)ccc2O)CC1. The first-order valence-corrected chi connectivity index (χ1v) is 6.10. The zero-order valence-corrected chi connectivity index (χ0v) is 10.8. The van der Waals surface area contributed by atoms with Crippen LogP contribution in [0.15, 0.2) is 29.8 Å². The maximum atomic E-state index is 12.2. The molecule has 0 fully saturated rings. The summed E-state index contributed by atoms with van der Waals surface area (Å²) in [5.41, 5.74) is 1.30. The molecule has 0 saturated heterocycles. The molecule has 1 amide bonds. The second-order valence-corrected chi connectivity index (χ2v) is 4.50. The zero-order chi connectivity index (χ0) is 13.8. The monoisotopic (exact) mass is 263 g/mol. The number of benzene rings is 1. The highest BCUT2D eigenvalue weighted by atomic mass is 16.5. The molecule has 1 aromatic carbocycles. The van der Waals surface area contributed by atoms with Crippen LogP contribution >= 0.6 is 0 Å². The number of rotatable bonds is 3. The third-order valence-electron chi connectivity index (χ3n) is 3.13. The number of methoxy groups -OCH3 is 1. The fourth-order valence-corrected chi connectivity index (χ4v) is 2.08. The van der Waals surface area contributed by atoms with Crippen LogP contribution in [0.4, 0.5) is 0 Å². The van der Waals surface area contributed by atoms with Gasteiger partial charge in [0.05, 0.1) is 12.2 Å². The minimum Gasteiger partial charge on any atom is -0.508 e. The second-order valence-electron chi connectivity index (χ2n) is 4.50. The lowest BCUT2D eigenvalue weighted by Crippen LogP contribution is -2.35. The maximum Gasteiger partial charge on any atom is 0.258 e. The van der Waals surface area contributed by atoms with Gasteiger partial charge in [-0.05, 0) is 30.2 Å². The van der Waals surface area contributed by atoms with E-state index in [1.807, 2.05) is 6.08 Å². The molecule has 1 aromatic rings. The lowest BCUT2D eigenvalue weighted by molar-refractivity contribution is 0.0761. The molecule has 2 rings (SSSR count). The van der Waals surface area contributed by atoms with Gasteiger partial charge in [0.25, 0.3) is 5.91 Å². The third-order valence-corrected chi connectivity index (χ3v) is 3.13. The lowest BCUT2D eigenvalue weighted by atomic mass is 10.1. The molecule has 1 aliphatic heterocycles. The summed E-state index contributed by atoms with van der Waals surface area (Å²) in [4.78, 5) is 13.9. The molecule has 0 radical (unpaired) electrons. The molecule has 0 bridgehead atoms. The van der Waals surface area contributed by atoms with E-state index in [2.05, 4.69) is 0 Å². The van der Waals surface area contributed by atoms with Gasteiger partial charge in [0, 0.05) is 20.2 Å². The van der Waals surface area contributed by atoms with Gasteiger partial charge in [0.1, 0.15) is 11.5 Å². The van der Waals surface area contributed by atoms with Crippen LogP contribution < -0.4 is 0 Å². The molecule has 0 aliphatic carbocycles. The van der Waals surface area contributed by atoms with E-state index in [0.717, 1.165) is 6.42 Å². The average molecular weight is 263 g/mol. The number of ether oxygens (including phenoxy) is 1. The predicted molar refractivity (Wildman–Crippen MR) is 70.3 cm³/mol. The van der Waals surface area contributed by atoms with E-state index in [-0.39, 0.29) is 23.0 Å². The van der Waals surface area contributed by atoms with Crippen LogP contribution in [0.2, 0.25) is 0 Å². The van der Waals surface area contributed by atoms with Crippen LogP contribution in [-0.4, -0.2) is 47.8 Å². The highest BCUT2D eigenvalue weighted by Crippen LogP contribution is 2.24. The minimum atomic E-state index is -0.277. The van der Waals surface area contributed by atoms with Crippen molar-refractivity contribution in [3.63, 3.8) is 0 Å². The number of hydrogen-bond acceptors (Lipinski definition) is 4. The van der Waals surface area contributed by atoms with Crippen LogP contribution in [0, 0.1) is 0 Å². The summed E-state index contributed by atoms with van der Waals surface area (Å²) in [5.74, 6) is -0.427. The summed E-state index contributed by atoms with van der Waals surface area (Å²) < 4.78 is 5.05. The Hall–Kier alpha value is -2.01. The average Bonchev–Trinajstić information content (AvgIpc) is 2.42. The molecular weight excluding hydrogens is 246 g/mol. The molecule has 2 N–H and O–H groups in total. The normalized spacial score (nSPS) is 15.2. The molecular formula is C14H17NO4. The zero-order valence-electron chi connectivity index (χ0n) is 10.8. The van der Waals surface area contributed by atoms with E-state index in [1.165, 1.54) is 23.8 Å². The van der Waals surface area contributed by atoms with Gasteiger partial charge in [-0.3, -0.25) is 4.79 Å².